The van der Waals surface area contributed by atoms with Crippen molar-refractivity contribution in [3.05, 3.63) is 0 Å². The number of nitrogens with one attached hydrogen (secondary N) is 1. The molecule has 0 spiro atoms. The number of aliphatic carboxylic acids is 1. The number of nitrogens with zero attached hydrogens (tertiary/aromatic N) is 1. The van der Waals surface area contributed by atoms with Crippen LogP contribution in [-0.4, -0.2) is 42.1 Å². The Morgan fingerprint density at radius 3 is 2.44 bits per heavy atom. The molecule has 5 nitrogen and oxygen atoms in total. The molecule has 1 aliphatic rings. The molecule has 0 radical (unpaired) electrons. The maximum atomic E-state index is 11.6. The molecule has 1 rings (SSSR count). The molecule has 0 heterocycles. The predicted octanol–water partition coefficient (Wildman–Crippen LogP) is 1.29. The van der Waals surface area contributed by atoms with Gasteiger partial charge in [-0.25, -0.2) is 4.79 Å². The monoisotopic (exact) mass is 228 g/mol. The smallest absolute Gasteiger partial charge is 0.317 e. The van der Waals surface area contributed by atoms with E-state index in [-0.39, 0.29) is 12.6 Å². The SMILES string of the molecule is CCCN(C)C(=O)NCC1(C(=O)O)CCC1. The maximum Gasteiger partial charge on any atom is 0.317 e. The van der Waals surface area contributed by atoms with Crippen molar-refractivity contribution in [2.45, 2.75) is 32.6 Å². The molecule has 0 saturated heterocycles. The van der Waals surface area contributed by atoms with E-state index >= 15 is 0 Å². The van der Waals surface area contributed by atoms with E-state index in [1.807, 2.05) is 6.92 Å². The van der Waals surface area contributed by atoms with E-state index in [9.17, 15) is 9.59 Å². The van der Waals surface area contributed by atoms with Crippen molar-refractivity contribution < 1.29 is 14.7 Å². The third kappa shape index (κ3) is 2.65. The van der Waals surface area contributed by atoms with Crippen molar-refractivity contribution in [2.24, 2.45) is 5.41 Å². The van der Waals surface area contributed by atoms with Crippen LogP contribution in [0.15, 0.2) is 0 Å². The molecule has 16 heavy (non-hydrogen) atoms. The van der Waals surface area contributed by atoms with Crippen LogP contribution in [0.2, 0.25) is 0 Å². The van der Waals surface area contributed by atoms with Crippen LogP contribution >= 0.6 is 0 Å². The molecule has 0 aromatic carbocycles. The van der Waals surface area contributed by atoms with Gasteiger partial charge in [-0.3, -0.25) is 4.79 Å². The van der Waals surface area contributed by atoms with E-state index in [2.05, 4.69) is 5.32 Å². The topological polar surface area (TPSA) is 69.6 Å². The lowest BCUT2D eigenvalue weighted by Crippen LogP contribution is -2.50. The summed E-state index contributed by atoms with van der Waals surface area (Å²) in [6.45, 7) is 2.93. The molecule has 5 heteroatoms. The Balaban J connectivity index is 2.38. The Bertz CT molecular complexity index is 274. The largest absolute Gasteiger partial charge is 0.481 e. The van der Waals surface area contributed by atoms with E-state index in [0.29, 0.717) is 19.4 Å². The fourth-order valence-electron chi connectivity index (χ4n) is 1.89. The van der Waals surface area contributed by atoms with Gasteiger partial charge in [0.1, 0.15) is 0 Å². The molecule has 1 saturated carbocycles. The molecule has 0 aromatic heterocycles. The zero-order chi connectivity index (χ0) is 12.2. The van der Waals surface area contributed by atoms with Gasteiger partial charge in [-0.1, -0.05) is 13.3 Å². The second-order valence-corrected chi connectivity index (χ2v) is 4.52. The minimum atomic E-state index is -0.794. The molecule has 0 unspecified atom stereocenters. The van der Waals surface area contributed by atoms with E-state index < -0.39 is 11.4 Å². The average Bonchev–Trinajstić information content (AvgIpc) is 2.15. The summed E-state index contributed by atoms with van der Waals surface area (Å²) in [5, 5.41) is 11.8. The zero-order valence-electron chi connectivity index (χ0n) is 9.95. The summed E-state index contributed by atoms with van der Waals surface area (Å²) < 4.78 is 0. The van der Waals surface area contributed by atoms with Gasteiger partial charge in [0.25, 0.3) is 0 Å². The van der Waals surface area contributed by atoms with Gasteiger partial charge in [-0.05, 0) is 19.3 Å². The number of rotatable bonds is 5. The Morgan fingerprint density at radius 1 is 1.44 bits per heavy atom. The molecule has 0 aromatic rings. The van der Waals surface area contributed by atoms with Gasteiger partial charge in [0.05, 0.1) is 5.41 Å². The molecule has 92 valence electrons. The van der Waals surface area contributed by atoms with Crippen LogP contribution in [0.3, 0.4) is 0 Å². The van der Waals surface area contributed by atoms with Crippen molar-refractivity contribution >= 4 is 12.0 Å². The van der Waals surface area contributed by atoms with Crippen molar-refractivity contribution in [3.63, 3.8) is 0 Å². The van der Waals surface area contributed by atoms with E-state index in [4.69, 9.17) is 5.11 Å². The summed E-state index contributed by atoms with van der Waals surface area (Å²) in [5.74, 6) is -0.794. The van der Waals surface area contributed by atoms with Crippen LogP contribution in [0.5, 0.6) is 0 Å². The number of amides is 2. The summed E-state index contributed by atoms with van der Waals surface area (Å²) >= 11 is 0. The second kappa shape index (κ2) is 5.18. The Hall–Kier alpha value is -1.26. The highest BCUT2D eigenvalue weighted by molar-refractivity contribution is 5.78. The average molecular weight is 228 g/mol. The lowest BCUT2D eigenvalue weighted by Gasteiger charge is -2.37. The number of hydrogen-bond acceptors (Lipinski definition) is 2. The first-order chi connectivity index (χ1) is 7.52. The Morgan fingerprint density at radius 2 is 2.06 bits per heavy atom. The van der Waals surface area contributed by atoms with Gasteiger partial charge in [-0.15, -0.1) is 0 Å². The molecular weight excluding hydrogens is 208 g/mol. The first-order valence-corrected chi connectivity index (χ1v) is 5.74. The quantitative estimate of drug-likeness (QED) is 0.745. The summed E-state index contributed by atoms with van der Waals surface area (Å²) in [7, 11) is 1.72. The number of hydrogen-bond donors (Lipinski definition) is 2. The number of urea groups is 1. The maximum absolute atomic E-state index is 11.6. The highest BCUT2D eigenvalue weighted by Crippen LogP contribution is 2.40. The molecule has 2 N–H and O–H groups in total. The van der Waals surface area contributed by atoms with Gasteiger partial charge in [0, 0.05) is 20.1 Å². The number of carboxylic acid groups (broad SMARTS) is 1. The van der Waals surface area contributed by atoms with E-state index in [0.717, 1.165) is 12.8 Å². The molecule has 2 amide bonds. The second-order valence-electron chi connectivity index (χ2n) is 4.52. The fourth-order valence-corrected chi connectivity index (χ4v) is 1.89. The molecule has 1 aliphatic carbocycles. The molecular formula is C11H20N2O3. The van der Waals surface area contributed by atoms with Crippen molar-refractivity contribution in [1.29, 1.82) is 0 Å². The van der Waals surface area contributed by atoms with Gasteiger partial charge in [0.15, 0.2) is 0 Å². The first-order valence-electron chi connectivity index (χ1n) is 5.74. The first kappa shape index (κ1) is 12.8. The van der Waals surface area contributed by atoms with Crippen molar-refractivity contribution in [1.82, 2.24) is 10.2 Å². The molecule has 0 aliphatic heterocycles. The standard InChI is InChI=1S/C11H20N2O3/c1-3-7-13(2)10(16)12-8-11(9(14)15)5-4-6-11/h3-8H2,1-2H3,(H,12,16)(H,14,15). The van der Waals surface area contributed by atoms with E-state index in [1.165, 1.54) is 0 Å². The van der Waals surface area contributed by atoms with Crippen LogP contribution in [-0.2, 0) is 4.79 Å². The minimum absolute atomic E-state index is 0.186. The van der Waals surface area contributed by atoms with Gasteiger partial charge in [0.2, 0.25) is 0 Å². The van der Waals surface area contributed by atoms with Crippen LogP contribution in [0, 0.1) is 5.41 Å². The molecule has 0 bridgehead atoms. The van der Waals surface area contributed by atoms with Crippen LogP contribution in [0.25, 0.3) is 0 Å². The van der Waals surface area contributed by atoms with E-state index in [1.54, 1.807) is 11.9 Å². The third-order valence-electron chi connectivity index (χ3n) is 3.25. The van der Waals surface area contributed by atoms with Crippen LogP contribution in [0.4, 0.5) is 4.79 Å². The Kier molecular flexibility index (Phi) is 4.15. The lowest BCUT2D eigenvalue weighted by molar-refractivity contribution is -0.153. The summed E-state index contributed by atoms with van der Waals surface area (Å²) in [6.07, 6.45) is 3.17. The van der Waals surface area contributed by atoms with Crippen molar-refractivity contribution in [2.75, 3.05) is 20.1 Å². The summed E-state index contributed by atoms with van der Waals surface area (Å²) in [6, 6.07) is -0.186. The number of carboxylic acids is 1. The highest BCUT2D eigenvalue weighted by atomic mass is 16.4. The summed E-state index contributed by atoms with van der Waals surface area (Å²) in [5.41, 5.74) is -0.706. The zero-order valence-corrected chi connectivity index (χ0v) is 9.95. The number of carbonyl (C=O) groups is 2. The van der Waals surface area contributed by atoms with Crippen LogP contribution in [0.1, 0.15) is 32.6 Å². The van der Waals surface area contributed by atoms with Crippen LogP contribution < -0.4 is 5.32 Å². The Labute approximate surface area is 95.8 Å². The van der Waals surface area contributed by atoms with Gasteiger partial charge in [-0.2, -0.15) is 0 Å². The fraction of sp³-hybridized carbons (Fsp3) is 0.818. The number of carbonyl (C=O) groups excluding carboxylic acids is 1. The minimum Gasteiger partial charge on any atom is -0.481 e. The normalized spacial score (nSPS) is 17.4. The van der Waals surface area contributed by atoms with Gasteiger partial charge >= 0.3 is 12.0 Å². The summed E-state index contributed by atoms with van der Waals surface area (Å²) in [4.78, 5) is 24.2. The third-order valence-corrected chi connectivity index (χ3v) is 3.25. The lowest BCUT2D eigenvalue weighted by atomic mass is 9.69. The highest BCUT2D eigenvalue weighted by Gasteiger charge is 2.44. The molecule has 1 fully saturated rings. The molecule has 0 atom stereocenters. The van der Waals surface area contributed by atoms with Crippen molar-refractivity contribution in [3.8, 4) is 0 Å². The van der Waals surface area contributed by atoms with Gasteiger partial charge < -0.3 is 15.3 Å². The predicted molar refractivity (Wildman–Crippen MR) is 60.2 cm³/mol.